The average Bonchev–Trinajstić information content (AvgIpc) is 2.41. The Morgan fingerprint density at radius 2 is 1.95 bits per heavy atom. The molecule has 0 saturated heterocycles. The second kappa shape index (κ2) is 6.55. The molecule has 1 fully saturated rings. The van der Waals surface area contributed by atoms with E-state index in [-0.39, 0.29) is 5.60 Å². The number of nitrogens with one attached hydrogen (secondary N) is 1. The highest BCUT2D eigenvalue weighted by atomic mass is 32.1. The minimum atomic E-state index is -0.332. The van der Waals surface area contributed by atoms with Gasteiger partial charge in [0.15, 0.2) is 0 Å². The fourth-order valence-corrected chi connectivity index (χ4v) is 3.25. The molecule has 0 aromatic carbocycles. The molecule has 0 unspecified atom stereocenters. The van der Waals surface area contributed by atoms with Crippen LogP contribution in [0.2, 0.25) is 0 Å². The predicted molar refractivity (Wildman–Crippen MR) is 85.7 cm³/mol. The van der Waals surface area contributed by atoms with Crippen molar-refractivity contribution < 1.29 is 9.47 Å². The summed E-state index contributed by atoms with van der Waals surface area (Å²) in [4.78, 5) is 7.94. The summed E-state index contributed by atoms with van der Waals surface area (Å²) in [6.07, 6.45) is 4.21. The smallest absolute Gasteiger partial charge is 0.140 e. The third kappa shape index (κ3) is 3.90. The van der Waals surface area contributed by atoms with Crippen LogP contribution in [0.5, 0.6) is 0 Å². The zero-order chi connectivity index (χ0) is 15.5. The molecule has 5 heteroatoms. The highest BCUT2D eigenvalue weighted by Gasteiger charge is 2.42. The molecule has 4 nitrogen and oxygen atoms in total. The van der Waals surface area contributed by atoms with Crippen molar-refractivity contribution in [1.82, 2.24) is 9.97 Å². The summed E-state index contributed by atoms with van der Waals surface area (Å²) in [6, 6.07) is 1.86. The van der Waals surface area contributed by atoms with Gasteiger partial charge in [-0.05, 0) is 44.1 Å². The number of ether oxygens (including phenoxy) is 2. The SMILES string of the molecule is CCOC1(c2nc(=S)cc(COC)[nH]2)CCC(C)(C)CC1. The van der Waals surface area contributed by atoms with Crippen LogP contribution in [0, 0.1) is 10.1 Å². The third-order valence-corrected chi connectivity index (χ3v) is 4.57. The number of hydrogen-bond acceptors (Lipinski definition) is 4. The molecule has 1 saturated carbocycles. The van der Waals surface area contributed by atoms with Gasteiger partial charge in [0.1, 0.15) is 16.1 Å². The Kier molecular flexibility index (Phi) is 5.17. The minimum absolute atomic E-state index is 0.332. The molecule has 0 amide bonds. The van der Waals surface area contributed by atoms with Gasteiger partial charge in [0.05, 0.1) is 6.61 Å². The van der Waals surface area contributed by atoms with Crippen LogP contribution in [0.15, 0.2) is 6.07 Å². The zero-order valence-electron chi connectivity index (χ0n) is 13.5. The maximum atomic E-state index is 6.16. The van der Waals surface area contributed by atoms with Crippen LogP contribution in [0.4, 0.5) is 0 Å². The molecular weight excluding hydrogens is 284 g/mol. The third-order valence-electron chi connectivity index (χ3n) is 4.36. The van der Waals surface area contributed by atoms with Crippen LogP contribution in [0.25, 0.3) is 0 Å². The standard InChI is InChI=1S/C16H26N2O2S/c1-5-20-16(8-6-15(2,3)7-9-16)14-17-12(11-19-4)10-13(21)18-14/h10H,5-9,11H2,1-4H3,(H,17,18,21). The van der Waals surface area contributed by atoms with Crippen molar-refractivity contribution in [3.8, 4) is 0 Å². The Balaban J connectivity index is 2.36. The average molecular weight is 310 g/mol. The number of rotatable bonds is 5. The molecule has 118 valence electrons. The van der Waals surface area contributed by atoms with Crippen LogP contribution in [0.3, 0.4) is 0 Å². The summed E-state index contributed by atoms with van der Waals surface area (Å²) in [6.45, 7) is 7.86. The van der Waals surface area contributed by atoms with Crippen LogP contribution in [-0.4, -0.2) is 23.7 Å². The van der Waals surface area contributed by atoms with Crippen LogP contribution >= 0.6 is 12.2 Å². The Morgan fingerprint density at radius 1 is 1.29 bits per heavy atom. The van der Waals surface area contributed by atoms with E-state index in [0.717, 1.165) is 37.2 Å². The van der Waals surface area contributed by atoms with E-state index in [0.29, 0.717) is 23.3 Å². The van der Waals surface area contributed by atoms with Gasteiger partial charge >= 0.3 is 0 Å². The first-order valence-electron chi connectivity index (χ1n) is 7.64. The number of hydrogen-bond donors (Lipinski definition) is 1. The van der Waals surface area contributed by atoms with Gasteiger partial charge in [-0.15, -0.1) is 0 Å². The van der Waals surface area contributed by atoms with Gasteiger partial charge in [-0.1, -0.05) is 26.1 Å². The molecule has 1 N–H and O–H groups in total. The molecule has 21 heavy (non-hydrogen) atoms. The summed E-state index contributed by atoms with van der Waals surface area (Å²) >= 11 is 5.31. The molecule has 1 aliphatic rings. The van der Waals surface area contributed by atoms with E-state index in [2.05, 4.69) is 23.8 Å². The molecule has 0 bridgehead atoms. The molecule has 0 aliphatic heterocycles. The van der Waals surface area contributed by atoms with Crippen molar-refractivity contribution >= 4 is 12.2 Å². The van der Waals surface area contributed by atoms with E-state index in [4.69, 9.17) is 21.7 Å². The van der Waals surface area contributed by atoms with E-state index in [1.165, 1.54) is 0 Å². The van der Waals surface area contributed by atoms with Crippen LogP contribution in [-0.2, 0) is 21.7 Å². The van der Waals surface area contributed by atoms with Gasteiger partial charge in [0.2, 0.25) is 0 Å². The van der Waals surface area contributed by atoms with Gasteiger partial charge in [-0.3, -0.25) is 0 Å². The first-order valence-corrected chi connectivity index (χ1v) is 8.05. The monoisotopic (exact) mass is 310 g/mol. The lowest BCUT2D eigenvalue weighted by molar-refractivity contribution is -0.0950. The summed E-state index contributed by atoms with van der Waals surface area (Å²) in [5.74, 6) is 0.861. The van der Waals surface area contributed by atoms with Gasteiger partial charge in [0, 0.05) is 19.4 Å². The topological polar surface area (TPSA) is 47.1 Å². The van der Waals surface area contributed by atoms with Gasteiger partial charge in [-0.25, -0.2) is 4.98 Å². The number of H-pyrrole nitrogens is 1. The van der Waals surface area contributed by atoms with Crippen LogP contribution in [0.1, 0.15) is 58.0 Å². The first kappa shape index (κ1) is 16.6. The number of aromatic amines is 1. The lowest BCUT2D eigenvalue weighted by Crippen LogP contribution is -2.39. The van der Waals surface area contributed by atoms with Crippen molar-refractivity contribution in [2.75, 3.05) is 13.7 Å². The van der Waals surface area contributed by atoms with Crippen molar-refractivity contribution in [3.05, 3.63) is 22.2 Å². The number of methoxy groups -OCH3 is 1. The normalized spacial score (nSPS) is 20.4. The number of nitrogens with zero attached hydrogens (tertiary/aromatic N) is 1. The lowest BCUT2D eigenvalue weighted by atomic mass is 9.70. The quantitative estimate of drug-likeness (QED) is 0.831. The van der Waals surface area contributed by atoms with Crippen LogP contribution < -0.4 is 0 Å². The van der Waals surface area contributed by atoms with E-state index < -0.39 is 0 Å². The molecule has 1 aromatic rings. The fourth-order valence-electron chi connectivity index (χ4n) is 3.01. The largest absolute Gasteiger partial charge is 0.378 e. The summed E-state index contributed by atoms with van der Waals surface area (Å²) < 4.78 is 12.0. The maximum Gasteiger partial charge on any atom is 0.140 e. The van der Waals surface area contributed by atoms with E-state index >= 15 is 0 Å². The lowest BCUT2D eigenvalue weighted by Gasteiger charge is -2.42. The van der Waals surface area contributed by atoms with Gasteiger partial charge in [-0.2, -0.15) is 0 Å². The summed E-state index contributed by atoms with van der Waals surface area (Å²) in [5, 5.41) is 0. The van der Waals surface area contributed by atoms with Crippen molar-refractivity contribution in [3.63, 3.8) is 0 Å². The highest BCUT2D eigenvalue weighted by Crippen LogP contribution is 2.46. The summed E-state index contributed by atoms with van der Waals surface area (Å²) in [5.41, 5.74) is 1.000. The van der Waals surface area contributed by atoms with Crippen molar-refractivity contribution in [1.29, 1.82) is 0 Å². The molecule has 0 radical (unpaired) electrons. The van der Waals surface area contributed by atoms with E-state index in [1.54, 1.807) is 7.11 Å². The van der Waals surface area contributed by atoms with E-state index in [1.807, 2.05) is 13.0 Å². The maximum absolute atomic E-state index is 6.16. The molecule has 0 atom stereocenters. The molecule has 1 heterocycles. The van der Waals surface area contributed by atoms with Crippen molar-refractivity contribution in [2.45, 2.75) is 58.7 Å². The molecule has 0 spiro atoms. The Morgan fingerprint density at radius 3 is 2.52 bits per heavy atom. The second-order valence-electron chi connectivity index (χ2n) is 6.62. The molecule has 1 aliphatic carbocycles. The Hall–Kier alpha value is -0.780. The zero-order valence-corrected chi connectivity index (χ0v) is 14.3. The van der Waals surface area contributed by atoms with Gasteiger partial charge < -0.3 is 14.5 Å². The fraction of sp³-hybridized carbons (Fsp3) is 0.750. The Labute approximate surface area is 132 Å². The molecule has 1 aromatic heterocycles. The van der Waals surface area contributed by atoms with Crippen molar-refractivity contribution in [2.24, 2.45) is 5.41 Å². The molecule has 2 rings (SSSR count). The summed E-state index contributed by atoms with van der Waals surface area (Å²) in [7, 11) is 1.68. The van der Waals surface area contributed by atoms with Gasteiger partial charge in [0.25, 0.3) is 0 Å². The minimum Gasteiger partial charge on any atom is -0.378 e. The highest BCUT2D eigenvalue weighted by molar-refractivity contribution is 7.71. The first-order chi connectivity index (χ1) is 9.91. The second-order valence-corrected chi connectivity index (χ2v) is 7.04. The number of aromatic nitrogens is 2. The Bertz CT molecular complexity index is 529. The van der Waals surface area contributed by atoms with E-state index in [9.17, 15) is 0 Å². The predicted octanol–water partition coefficient (Wildman–Crippen LogP) is 4.12. The molecular formula is C16H26N2O2S.